The van der Waals surface area contributed by atoms with E-state index in [1.54, 1.807) is 11.3 Å². The van der Waals surface area contributed by atoms with Crippen molar-refractivity contribution < 1.29 is 15.0 Å². The second kappa shape index (κ2) is 6.22. The van der Waals surface area contributed by atoms with Gasteiger partial charge in [0.2, 0.25) is 0 Å². The number of carboxylic acid groups (broad SMARTS) is 1. The number of hydrogen-bond donors (Lipinski definition) is 3. The highest BCUT2D eigenvalue weighted by Gasteiger charge is 2.09. The fourth-order valence-corrected chi connectivity index (χ4v) is 2.54. The van der Waals surface area contributed by atoms with Crippen molar-refractivity contribution in [2.45, 2.75) is 19.1 Å². The number of halogens is 1. The lowest BCUT2D eigenvalue weighted by atomic mass is 10.2. The molecule has 6 heteroatoms. The molecule has 0 fully saturated rings. The van der Waals surface area contributed by atoms with Crippen molar-refractivity contribution in [3.63, 3.8) is 0 Å². The monoisotopic (exact) mass is 293 g/mol. The Labute approximate surface area is 100 Å². The van der Waals surface area contributed by atoms with Gasteiger partial charge in [-0.2, -0.15) is 0 Å². The molecule has 0 aliphatic heterocycles. The highest BCUT2D eigenvalue weighted by atomic mass is 79.9. The van der Waals surface area contributed by atoms with Gasteiger partial charge in [0, 0.05) is 22.4 Å². The number of carbonyl (C=O) groups is 1. The standard InChI is InChI=1S/C9H12BrNO3S/c10-7-1-2-15-8(7)5-11-4-6(12)3-9(13)14/h1-2,6,11-12H,3-5H2,(H,13,14). The zero-order valence-electron chi connectivity index (χ0n) is 7.94. The van der Waals surface area contributed by atoms with Gasteiger partial charge < -0.3 is 15.5 Å². The summed E-state index contributed by atoms with van der Waals surface area (Å²) in [5.74, 6) is -0.985. The van der Waals surface area contributed by atoms with Gasteiger partial charge >= 0.3 is 5.97 Å². The first-order chi connectivity index (χ1) is 7.09. The average Bonchev–Trinajstić information content (AvgIpc) is 2.50. The zero-order chi connectivity index (χ0) is 11.3. The molecule has 0 amide bonds. The molecule has 0 bridgehead atoms. The smallest absolute Gasteiger partial charge is 0.306 e. The maximum atomic E-state index is 10.3. The predicted molar refractivity (Wildman–Crippen MR) is 62.0 cm³/mol. The molecule has 1 unspecified atom stereocenters. The van der Waals surface area contributed by atoms with Gasteiger partial charge in [-0.25, -0.2) is 0 Å². The van der Waals surface area contributed by atoms with Crippen molar-refractivity contribution in [1.29, 1.82) is 0 Å². The quantitative estimate of drug-likeness (QED) is 0.742. The molecule has 0 saturated heterocycles. The normalized spacial score (nSPS) is 12.7. The number of hydrogen-bond acceptors (Lipinski definition) is 4. The molecular weight excluding hydrogens is 282 g/mol. The third kappa shape index (κ3) is 4.74. The molecule has 1 aromatic rings. The van der Waals surface area contributed by atoms with E-state index in [1.165, 1.54) is 0 Å². The number of rotatable bonds is 6. The molecule has 0 aliphatic carbocycles. The first kappa shape index (κ1) is 12.6. The molecule has 1 aromatic heterocycles. The van der Waals surface area contributed by atoms with E-state index in [2.05, 4.69) is 21.2 Å². The van der Waals surface area contributed by atoms with E-state index >= 15 is 0 Å². The highest BCUT2D eigenvalue weighted by Crippen LogP contribution is 2.21. The first-order valence-corrected chi connectivity index (χ1v) is 6.09. The van der Waals surface area contributed by atoms with Crippen molar-refractivity contribution in [3.8, 4) is 0 Å². The minimum atomic E-state index is -0.985. The first-order valence-electron chi connectivity index (χ1n) is 4.42. The molecule has 84 valence electrons. The van der Waals surface area contributed by atoms with Crippen molar-refractivity contribution in [2.24, 2.45) is 0 Å². The van der Waals surface area contributed by atoms with Crippen LogP contribution in [0.15, 0.2) is 15.9 Å². The molecule has 4 nitrogen and oxygen atoms in total. The summed E-state index contributed by atoms with van der Waals surface area (Å²) in [5.41, 5.74) is 0. The number of carboxylic acids is 1. The average molecular weight is 294 g/mol. The zero-order valence-corrected chi connectivity index (χ0v) is 10.3. The molecule has 1 atom stereocenters. The summed E-state index contributed by atoms with van der Waals surface area (Å²) >= 11 is 5.00. The van der Waals surface area contributed by atoms with Gasteiger partial charge in [-0.05, 0) is 27.4 Å². The summed E-state index contributed by atoms with van der Waals surface area (Å²) in [7, 11) is 0. The van der Waals surface area contributed by atoms with Gasteiger partial charge in [-0.3, -0.25) is 4.79 Å². The molecule has 1 rings (SSSR count). The topological polar surface area (TPSA) is 69.6 Å². The third-order valence-corrected chi connectivity index (χ3v) is 3.69. The minimum absolute atomic E-state index is 0.224. The summed E-state index contributed by atoms with van der Waals surface area (Å²) in [4.78, 5) is 11.4. The van der Waals surface area contributed by atoms with E-state index in [0.29, 0.717) is 6.54 Å². The van der Waals surface area contributed by atoms with E-state index < -0.39 is 12.1 Å². The minimum Gasteiger partial charge on any atom is -0.481 e. The van der Waals surface area contributed by atoms with Crippen LogP contribution in [0.25, 0.3) is 0 Å². The summed E-state index contributed by atoms with van der Waals surface area (Å²) in [6.45, 7) is 0.922. The number of aliphatic carboxylic acids is 1. The van der Waals surface area contributed by atoms with Gasteiger partial charge in [-0.15, -0.1) is 11.3 Å². The maximum absolute atomic E-state index is 10.3. The van der Waals surface area contributed by atoms with Crippen LogP contribution in [0.1, 0.15) is 11.3 Å². The van der Waals surface area contributed by atoms with Crippen LogP contribution in [0.5, 0.6) is 0 Å². The summed E-state index contributed by atoms with van der Waals surface area (Å²) in [5, 5.41) is 22.7. The molecule has 0 saturated carbocycles. The number of aliphatic hydroxyl groups excluding tert-OH is 1. The molecule has 3 N–H and O–H groups in total. The van der Waals surface area contributed by atoms with Crippen molar-refractivity contribution in [3.05, 3.63) is 20.8 Å². The van der Waals surface area contributed by atoms with Crippen LogP contribution < -0.4 is 5.32 Å². The second-order valence-corrected chi connectivity index (χ2v) is 4.93. The predicted octanol–water partition coefficient (Wildman–Crippen LogP) is 1.44. The van der Waals surface area contributed by atoms with E-state index in [0.717, 1.165) is 9.35 Å². The third-order valence-electron chi connectivity index (χ3n) is 1.77. The highest BCUT2D eigenvalue weighted by molar-refractivity contribution is 9.10. The fraction of sp³-hybridized carbons (Fsp3) is 0.444. The van der Waals surface area contributed by atoms with Crippen LogP contribution in [0.2, 0.25) is 0 Å². The van der Waals surface area contributed by atoms with E-state index in [-0.39, 0.29) is 13.0 Å². The molecule has 0 aromatic carbocycles. The van der Waals surface area contributed by atoms with Gasteiger partial charge in [0.05, 0.1) is 12.5 Å². The second-order valence-electron chi connectivity index (χ2n) is 3.07. The maximum Gasteiger partial charge on any atom is 0.306 e. The lowest BCUT2D eigenvalue weighted by Crippen LogP contribution is -2.28. The molecule has 0 radical (unpaired) electrons. The Balaban J connectivity index is 2.22. The van der Waals surface area contributed by atoms with Crippen LogP contribution >= 0.6 is 27.3 Å². The van der Waals surface area contributed by atoms with Gasteiger partial charge in [0.15, 0.2) is 0 Å². The Morgan fingerprint density at radius 2 is 2.40 bits per heavy atom. The number of thiophene rings is 1. The van der Waals surface area contributed by atoms with Crippen LogP contribution in [0.3, 0.4) is 0 Å². The molecule has 0 aliphatic rings. The summed E-state index contributed by atoms with van der Waals surface area (Å²) < 4.78 is 1.03. The van der Waals surface area contributed by atoms with E-state index in [4.69, 9.17) is 5.11 Å². The largest absolute Gasteiger partial charge is 0.481 e. The van der Waals surface area contributed by atoms with E-state index in [1.807, 2.05) is 11.4 Å². The van der Waals surface area contributed by atoms with E-state index in [9.17, 15) is 9.90 Å². The Bertz CT molecular complexity index is 329. The van der Waals surface area contributed by atoms with Crippen molar-refractivity contribution >= 4 is 33.2 Å². The van der Waals surface area contributed by atoms with Gasteiger partial charge in [-0.1, -0.05) is 0 Å². The lowest BCUT2D eigenvalue weighted by molar-refractivity contribution is -0.139. The molecule has 1 heterocycles. The summed E-state index contributed by atoms with van der Waals surface area (Å²) in [6.07, 6.45) is -1.06. The molecular formula is C9H12BrNO3S. The van der Waals surface area contributed by atoms with Gasteiger partial charge in [0.25, 0.3) is 0 Å². The van der Waals surface area contributed by atoms with Gasteiger partial charge in [0.1, 0.15) is 0 Å². The van der Waals surface area contributed by atoms with Crippen LogP contribution in [0.4, 0.5) is 0 Å². The Morgan fingerprint density at radius 1 is 1.67 bits per heavy atom. The summed E-state index contributed by atoms with van der Waals surface area (Å²) in [6, 6.07) is 1.95. The molecule has 15 heavy (non-hydrogen) atoms. The fourth-order valence-electron chi connectivity index (χ4n) is 1.08. The SMILES string of the molecule is O=C(O)CC(O)CNCc1sccc1Br. The van der Waals surface area contributed by atoms with Crippen LogP contribution in [-0.2, 0) is 11.3 Å². The lowest BCUT2D eigenvalue weighted by Gasteiger charge is -2.08. The Morgan fingerprint density at radius 3 is 2.93 bits per heavy atom. The molecule has 0 spiro atoms. The number of aliphatic hydroxyl groups is 1. The van der Waals surface area contributed by atoms with Crippen LogP contribution in [-0.4, -0.2) is 28.8 Å². The Kier molecular flexibility index (Phi) is 5.24. The Hall–Kier alpha value is -0.430. The van der Waals surface area contributed by atoms with Crippen molar-refractivity contribution in [1.82, 2.24) is 5.32 Å². The van der Waals surface area contributed by atoms with Crippen LogP contribution in [0, 0.1) is 0 Å². The van der Waals surface area contributed by atoms with Crippen molar-refractivity contribution in [2.75, 3.05) is 6.54 Å². The number of nitrogens with one attached hydrogen (secondary N) is 1.